The number of rotatable bonds is 4. The van der Waals surface area contributed by atoms with Gasteiger partial charge in [-0.3, -0.25) is 0 Å². The maximum Gasteiger partial charge on any atom is 0.0406 e. The summed E-state index contributed by atoms with van der Waals surface area (Å²) in [6.07, 6.45) is 2.50. The number of nitrogens with one attached hydrogen (secondary N) is 1. The van der Waals surface area contributed by atoms with E-state index in [2.05, 4.69) is 45.1 Å². The molecule has 1 aromatic rings. The molecule has 0 saturated heterocycles. The van der Waals surface area contributed by atoms with E-state index in [1.54, 1.807) is 0 Å². The van der Waals surface area contributed by atoms with Crippen molar-refractivity contribution in [3.63, 3.8) is 0 Å². The molecule has 1 nitrogen and oxygen atoms in total. The predicted molar refractivity (Wildman–Crippen MR) is 79.3 cm³/mol. The van der Waals surface area contributed by atoms with Gasteiger partial charge in [0.1, 0.15) is 0 Å². The standard InChI is InChI=1S/C16H24ClN/c1-12(2)18-11-16(9-15(3,4)10-16)13-5-7-14(17)8-6-13/h5-8,12,18H,9-11H2,1-4H3. The van der Waals surface area contributed by atoms with Crippen LogP contribution in [0, 0.1) is 5.41 Å². The zero-order chi connectivity index (χ0) is 13.4. The van der Waals surface area contributed by atoms with Crippen LogP contribution in [0.1, 0.15) is 46.1 Å². The fourth-order valence-corrected chi connectivity index (χ4v) is 3.54. The maximum atomic E-state index is 5.99. The van der Waals surface area contributed by atoms with E-state index in [0.29, 0.717) is 16.9 Å². The highest BCUT2D eigenvalue weighted by Crippen LogP contribution is 2.55. The van der Waals surface area contributed by atoms with Gasteiger partial charge in [0.2, 0.25) is 0 Å². The summed E-state index contributed by atoms with van der Waals surface area (Å²) >= 11 is 5.99. The Balaban J connectivity index is 2.18. The fraction of sp³-hybridized carbons (Fsp3) is 0.625. The van der Waals surface area contributed by atoms with Crippen molar-refractivity contribution in [2.45, 2.75) is 52.0 Å². The van der Waals surface area contributed by atoms with Crippen molar-refractivity contribution in [3.05, 3.63) is 34.9 Å². The third-order valence-electron chi connectivity index (χ3n) is 3.94. The van der Waals surface area contributed by atoms with Crippen molar-refractivity contribution < 1.29 is 0 Å². The molecule has 2 heteroatoms. The van der Waals surface area contributed by atoms with Gasteiger partial charge in [-0.15, -0.1) is 0 Å². The molecule has 0 aliphatic heterocycles. The second kappa shape index (κ2) is 4.86. The molecule has 0 bridgehead atoms. The van der Waals surface area contributed by atoms with Gasteiger partial charge < -0.3 is 5.32 Å². The van der Waals surface area contributed by atoms with Gasteiger partial charge in [0.25, 0.3) is 0 Å². The van der Waals surface area contributed by atoms with Crippen molar-refractivity contribution in [2.24, 2.45) is 5.41 Å². The average Bonchev–Trinajstić information content (AvgIpc) is 2.24. The topological polar surface area (TPSA) is 12.0 Å². The molecule has 1 N–H and O–H groups in total. The van der Waals surface area contributed by atoms with E-state index in [4.69, 9.17) is 11.6 Å². The van der Waals surface area contributed by atoms with Gasteiger partial charge in [0, 0.05) is 23.0 Å². The summed E-state index contributed by atoms with van der Waals surface area (Å²) in [5.41, 5.74) is 2.20. The Kier molecular flexibility index (Phi) is 3.75. The largest absolute Gasteiger partial charge is 0.314 e. The predicted octanol–water partition coefficient (Wildman–Crippen LogP) is 4.40. The van der Waals surface area contributed by atoms with Gasteiger partial charge in [0.05, 0.1) is 0 Å². The van der Waals surface area contributed by atoms with Crippen LogP contribution in [0.4, 0.5) is 0 Å². The van der Waals surface area contributed by atoms with Crippen LogP contribution in [-0.2, 0) is 5.41 Å². The van der Waals surface area contributed by atoms with Gasteiger partial charge in [-0.25, -0.2) is 0 Å². The lowest BCUT2D eigenvalue weighted by Gasteiger charge is -2.54. The number of hydrogen-bond acceptors (Lipinski definition) is 1. The van der Waals surface area contributed by atoms with Crippen molar-refractivity contribution in [3.8, 4) is 0 Å². The first kappa shape index (κ1) is 13.9. The molecular formula is C16H24ClN. The van der Waals surface area contributed by atoms with Crippen molar-refractivity contribution in [1.82, 2.24) is 5.32 Å². The van der Waals surface area contributed by atoms with E-state index in [1.165, 1.54) is 18.4 Å². The summed E-state index contributed by atoms with van der Waals surface area (Å²) in [5, 5.41) is 4.43. The highest BCUT2D eigenvalue weighted by atomic mass is 35.5. The maximum absolute atomic E-state index is 5.99. The van der Waals surface area contributed by atoms with E-state index in [1.807, 2.05) is 12.1 Å². The minimum absolute atomic E-state index is 0.304. The first-order valence-corrected chi connectivity index (χ1v) is 7.20. The summed E-state index contributed by atoms with van der Waals surface area (Å²) < 4.78 is 0. The molecule has 1 fully saturated rings. The Morgan fingerprint density at radius 3 is 2.17 bits per heavy atom. The Morgan fingerprint density at radius 2 is 1.72 bits per heavy atom. The van der Waals surface area contributed by atoms with Gasteiger partial charge in [0.15, 0.2) is 0 Å². The minimum Gasteiger partial charge on any atom is -0.314 e. The zero-order valence-corrected chi connectivity index (χ0v) is 12.6. The van der Waals surface area contributed by atoms with E-state index >= 15 is 0 Å². The van der Waals surface area contributed by atoms with Crippen molar-refractivity contribution in [1.29, 1.82) is 0 Å². The molecule has 0 aromatic heterocycles. The summed E-state index contributed by atoms with van der Waals surface area (Å²) in [7, 11) is 0. The van der Waals surface area contributed by atoms with Crippen molar-refractivity contribution >= 4 is 11.6 Å². The second-order valence-electron chi connectivity index (χ2n) is 6.84. The number of hydrogen-bond donors (Lipinski definition) is 1. The molecule has 1 aliphatic carbocycles. The van der Waals surface area contributed by atoms with E-state index < -0.39 is 0 Å². The smallest absolute Gasteiger partial charge is 0.0406 e. The zero-order valence-electron chi connectivity index (χ0n) is 11.9. The highest BCUT2D eigenvalue weighted by molar-refractivity contribution is 6.30. The van der Waals surface area contributed by atoms with Crippen LogP contribution in [0.25, 0.3) is 0 Å². The molecule has 2 rings (SSSR count). The van der Waals surface area contributed by atoms with E-state index in [9.17, 15) is 0 Å². The Morgan fingerprint density at radius 1 is 1.17 bits per heavy atom. The lowest BCUT2D eigenvalue weighted by molar-refractivity contribution is 0.0548. The minimum atomic E-state index is 0.304. The molecule has 1 saturated carbocycles. The van der Waals surface area contributed by atoms with E-state index in [0.717, 1.165) is 11.6 Å². The van der Waals surface area contributed by atoms with Crippen molar-refractivity contribution in [2.75, 3.05) is 6.54 Å². The SMILES string of the molecule is CC(C)NCC1(c2ccc(Cl)cc2)CC(C)(C)C1. The molecule has 0 heterocycles. The lowest BCUT2D eigenvalue weighted by Crippen LogP contribution is -2.53. The highest BCUT2D eigenvalue weighted by Gasteiger charge is 2.49. The van der Waals surface area contributed by atoms with Crippen LogP contribution >= 0.6 is 11.6 Å². The van der Waals surface area contributed by atoms with Crippen LogP contribution in [0.3, 0.4) is 0 Å². The van der Waals surface area contributed by atoms with Crippen LogP contribution < -0.4 is 5.32 Å². The third kappa shape index (κ3) is 2.89. The second-order valence-corrected chi connectivity index (χ2v) is 7.28. The summed E-state index contributed by atoms with van der Waals surface area (Å²) in [6.45, 7) is 10.2. The van der Waals surface area contributed by atoms with E-state index in [-0.39, 0.29) is 0 Å². The molecule has 0 spiro atoms. The first-order valence-electron chi connectivity index (χ1n) is 6.83. The Hall–Kier alpha value is -0.530. The molecule has 18 heavy (non-hydrogen) atoms. The molecule has 0 unspecified atom stereocenters. The van der Waals surface area contributed by atoms with Crippen LogP contribution in [0.5, 0.6) is 0 Å². The third-order valence-corrected chi connectivity index (χ3v) is 4.19. The van der Waals surface area contributed by atoms with Gasteiger partial charge in [-0.1, -0.05) is 51.4 Å². The molecule has 1 aliphatic rings. The van der Waals surface area contributed by atoms with Crippen LogP contribution in [-0.4, -0.2) is 12.6 Å². The first-order chi connectivity index (χ1) is 8.33. The molecule has 100 valence electrons. The number of halogens is 1. The Labute approximate surface area is 116 Å². The van der Waals surface area contributed by atoms with Crippen LogP contribution in [0.15, 0.2) is 24.3 Å². The van der Waals surface area contributed by atoms with Crippen LogP contribution in [0.2, 0.25) is 5.02 Å². The molecule has 0 radical (unpaired) electrons. The Bertz CT molecular complexity index is 398. The summed E-state index contributed by atoms with van der Waals surface area (Å²) in [4.78, 5) is 0. The quantitative estimate of drug-likeness (QED) is 0.851. The molecule has 0 atom stereocenters. The molecular weight excluding hydrogens is 242 g/mol. The lowest BCUT2D eigenvalue weighted by atomic mass is 9.52. The van der Waals surface area contributed by atoms with Gasteiger partial charge in [-0.05, 0) is 36.0 Å². The molecule has 1 aromatic carbocycles. The normalized spacial score (nSPS) is 20.8. The molecule has 0 amide bonds. The van der Waals surface area contributed by atoms with Gasteiger partial charge in [-0.2, -0.15) is 0 Å². The van der Waals surface area contributed by atoms with Gasteiger partial charge >= 0.3 is 0 Å². The summed E-state index contributed by atoms with van der Waals surface area (Å²) in [5.74, 6) is 0. The fourth-order valence-electron chi connectivity index (χ4n) is 3.41. The average molecular weight is 266 g/mol. The number of benzene rings is 1. The monoisotopic (exact) mass is 265 g/mol. The summed E-state index contributed by atoms with van der Waals surface area (Å²) in [6, 6.07) is 8.95.